The topological polar surface area (TPSA) is 69.6 Å². The average molecular weight is 365 g/mol. The van der Waals surface area contributed by atoms with Gasteiger partial charge >= 0.3 is 0 Å². The predicted molar refractivity (Wildman–Crippen MR) is 101 cm³/mol. The van der Waals surface area contributed by atoms with Crippen LogP contribution in [0.2, 0.25) is 0 Å². The van der Waals surface area contributed by atoms with Crippen LogP contribution in [-0.4, -0.2) is 53.3 Å². The van der Waals surface area contributed by atoms with Gasteiger partial charge in [0, 0.05) is 24.5 Å². The molecule has 25 heavy (non-hydrogen) atoms. The Labute approximate surface area is 154 Å². The first-order valence-electron chi connectivity index (χ1n) is 8.92. The van der Waals surface area contributed by atoms with Gasteiger partial charge in [-0.2, -0.15) is 0 Å². The molecule has 138 valence electrons. The summed E-state index contributed by atoms with van der Waals surface area (Å²) in [7, 11) is 1.89. The number of carbonyl (C=O) groups excluding carboxylic acids is 2. The first-order valence-corrected chi connectivity index (χ1v) is 9.91. The van der Waals surface area contributed by atoms with E-state index in [0.29, 0.717) is 17.4 Å². The van der Waals surface area contributed by atoms with Gasteiger partial charge in [-0.1, -0.05) is 31.4 Å². The maximum absolute atomic E-state index is 12.5. The minimum Gasteiger partial charge on any atom is -0.392 e. The second-order valence-electron chi connectivity index (χ2n) is 6.64. The monoisotopic (exact) mass is 364 g/mol. The lowest BCUT2D eigenvalue weighted by Gasteiger charge is -2.31. The van der Waals surface area contributed by atoms with E-state index < -0.39 is 6.10 Å². The summed E-state index contributed by atoms with van der Waals surface area (Å²) in [5.41, 5.74) is 0.543. The molecule has 1 saturated carbocycles. The Kier molecular flexibility index (Phi) is 7.78. The second kappa shape index (κ2) is 9.82. The predicted octanol–water partition coefficient (Wildman–Crippen LogP) is 2.68. The third-order valence-electron chi connectivity index (χ3n) is 4.56. The molecule has 0 aromatic heterocycles. The van der Waals surface area contributed by atoms with E-state index in [-0.39, 0.29) is 18.4 Å². The van der Waals surface area contributed by atoms with E-state index >= 15 is 0 Å². The van der Waals surface area contributed by atoms with Crippen LogP contribution in [0.1, 0.15) is 49.4 Å². The Morgan fingerprint density at radius 3 is 2.64 bits per heavy atom. The number of rotatable bonds is 7. The third-order valence-corrected chi connectivity index (χ3v) is 5.61. The van der Waals surface area contributed by atoms with Crippen LogP contribution in [-0.2, 0) is 4.79 Å². The lowest BCUT2D eigenvalue weighted by Crippen LogP contribution is -2.39. The number of aliphatic hydroxyl groups excluding tert-OH is 1. The molecule has 0 bridgehead atoms. The van der Waals surface area contributed by atoms with E-state index in [9.17, 15) is 14.7 Å². The molecule has 2 rings (SSSR count). The molecule has 1 aromatic rings. The first-order chi connectivity index (χ1) is 12.0. The molecule has 0 radical (unpaired) electrons. The average Bonchev–Trinajstić information content (AvgIpc) is 2.64. The maximum atomic E-state index is 12.5. The van der Waals surface area contributed by atoms with Crippen LogP contribution in [0.15, 0.2) is 29.2 Å². The summed E-state index contributed by atoms with van der Waals surface area (Å²) in [5.74, 6) is 0.210. The van der Waals surface area contributed by atoms with Crippen molar-refractivity contribution in [1.82, 2.24) is 10.2 Å². The highest BCUT2D eigenvalue weighted by Gasteiger charge is 2.22. The molecule has 0 saturated heterocycles. The lowest BCUT2D eigenvalue weighted by molar-refractivity contribution is -0.129. The van der Waals surface area contributed by atoms with Crippen molar-refractivity contribution >= 4 is 23.6 Å². The molecule has 1 aliphatic carbocycles. The summed E-state index contributed by atoms with van der Waals surface area (Å²) in [6.45, 7) is 1.84. The van der Waals surface area contributed by atoms with Gasteiger partial charge in [-0.15, -0.1) is 11.8 Å². The normalized spacial score (nSPS) is 16.3. The smallest absolute Gasteiger partial charge is 0.252 e. The third kappa shape index (κ3) is 6.04. The molecule has 0 spiro atoms. The quantitative estimate of drug-likeness (QED) is 0.730. The summed E-state index contributed by atoms with van der Waals surface area (Å²) in [4.78, 5) is 27.4. The van der Waals surface area contributed by atoms with Crippen LogP contribution >= 0.6 is 11.8 Å². The summed E-state index contributed by atoms with van der Waals surface area (Å²) in [5, 5.41) is 12.0. The van der Waals surface area contributed by atoms with Gasteiger partial charge in [0.25, 0.3) is 5.91 Å². The summed E-state index contributed by atoms with van der Waals surface area (Å²) in [6.07, 6.45) is 5.25. The molecule has 0 aliphatic heterocycles. The number of hydrogen-bond acceptors (Lipinski definition) is 4. The van der Waals surface area contributed by atoms with Crippen molar-refractivity contribution in [2.24, 2.45) is 0 Å². The number of thioether (sulfide) groups is 1. The Bertz CT molecular complexity index is 586. The van der Waals surface area contributed by atoms with Gasteiger partial charge in [0.05, 0.1) is 17.4 Å². The largest absolute Gasteiger partial charge is 0.392 e. The van der Waals surface area contributed by atoms with Gasteiger partial charge in [-0.05, 0) is 31.9 Å². The molecular weight excluding hydrogens is 336 g/mol. The van der Waals surface area contributed by atoms with E-state index in [2.05, 4.69) is 5.32 Å². The molecule has 2 amide bonds. The Balaban J connectivity index is 1.93. The first kappa shape index (κ1) is 19.8. The minimum atomic E-state index is -0.588. The van der Waals surface area contributed by atoms with Crippen LogP contribution in [0.5, 0.6) is 0 Å². The molecule has 1 unspecified atom stereocenters. The molecule has 1 aromatic carbocycles. The number of aliphatic hydroxyl groups is 1. The van der Waals surface area contributed by atoms with E-state index in [0.717, 1.165) is 17.7 Å². The fourth-order valence-electron chi connectivity index (χ4n) is 3.03. The number of amides is 2. The highest BCUT2D eigenvalue weighted by molar-refractivity contribution is 8.00. The van der Waals surface area contributed by atoms with Crippen molar-refractivity contribution < 1.29 is 14.7 Å². The van der Waals surface area contributed by atoms with Crippen molar-refractivity contribution in [3.05, 3.63) is 29.8 Å². The van der Waals surface area contributed by atoms with Crippen LogP contribution in [0, 0.1) is 0 Å². The standard InChI is InChI=1S/C19H28N2O3S/c1-14(22)12-20-19(24)16-10-6-7-11-17(16)25-13-18(23)21(2)15-8-4-3-5-9-15/h6-7,10-11,14-15,22H,3-5,8-9,12-13H2,1-2H3,(H,20,24). The summed E-state index contributed by atoms with van der Waals surface area (Å²) >= 11 is 1.40. The molecule has 6 heteroatoms. The van der Waals surface area contributed by atoms with Gasteiger partial charge in [-0.25, -0.2) is 0 Å². The van der Waals surface area contributed by atoms with Crippen LogP contribution in [0.3, 0.4) is 0 Å². The van der Waals surface area contributed by atoms with Crippen LogP contribution < -0.4 is 5.32 Å². The van der Waals surface area contributed by atoms with Crippen molar-refractivity contribution in [3.8, 4) is 0 Å². The zero-order valence-electron chi connectivity index (χ0n) is 15.0. The van der Waals surface area contributed by atoms with Crippen LogP contribution in [0.4, 0.5) is 0 Å². The fraction of sp³-hybridized carbons (Fsp3) is 0.579. The molecule has 2 N–H and O–H groups in total. The molecule has 1 atom stereocenters. The van der Waals surface area contributed by atoms with Crippen molar-refractivity contribution in [2.45, 2.75) is 56.1 Å². The zero-order chi connectivity index (χ0) is 18.2. The number of nitrogens with one attached hydrogen (secondary N) is 1. The summed E-state index contributed by atoms with van der Waals surface area (Å²) < 4.78 is 0. The number of carbonyl (C=O) groups is 2. The second-order valence-corrected chi connectivity index (χ2v) is 7.66. The van der Waals surface area contributed by atoms with Crippen molar-refractivity contribution in [2.75, 3.05) is 19.3 Å². The van der Waals surface area contributed by atoms with Crippen LogP contribution in [0.25, 0.3) is 0 Å². The highest BCUT2D eigenvalue weighted by Crippen LogP contribution is 2.25. The molecular formula is C19H28N2O3S. The Morgan fingerprint density at radius 2 is 1.96 bits per heavy atom. The SMILES string of the molecule is CC(O)CNC(=O)c1ccccc1SCC(=O)N(C)C1CCCCC1. The molecule has 0 heterocycles. The zero-order valence-corrected chi connectivity index (χ0v) is 15.8. The minimum absolute atomic E-state index is 0.107. The number of nitrogens with zero attached hydrogens (tertiary/aromatic N) is 1. The van der Waals surface area contributed by atoms with E-state index in [1.165, 1.54) is 31.0 Å². The Morgan fingerprint density at radius 1 is 1.28 bits per heavy atom. The van der Waals surface area contributed by atoms with Gasteiger partial charge < -0.3 is 15.3 Å². The maximum Gasteiger partial charge on any atom is 0.252 e. The van der Waals surface area contributed by atoms with Crippen molar-refractivity contribution in [3.63, 3.8) is 0 Å². The van der Waals surface area contributed by atoms with E-state index in [1.807, 2.05) is 24.1 Å². The van der Waals surface area contributed by atoms with E-state index in [1.54, 1.807) is 19.1 Å². The summed E-state index contributed by atoms with van der Waals surface area (Å²) in [6, 6.07) is 7.62. The molecule has 1 fully saturated rings. The number of benzene rings is 1. The lowest BCUT2D eigenvalue weighted by atomic mass is 9.94. The van der Waals surface area contributed by atoms with E-state index in [4.69, 9.17) is 0 Å². The van der Waals surface area contributed by atoms with Gasteiger partial charge in [0.1, 0.15) is 0 Å². The molecule has 1 aliphatic rings. The Hall–Kier alpha value is -1.53. The van der Waals surface area contributed by atoms with Crippen molar-refractivity contribution in [1.29, 1.82) is 0 Å². The van der Waals surface area contributed by atoms with Gasteiger partial charge in [-0.3, -0.25) is 9.59 Å². The van der Waals surface area contributed by atoms with Gasteiger partial charge in [0.15, 0.2) is 0 Å². The molecule has 5 nitrogen and oxygen atoms in total. The number of hydrogen-bond donors (Lipinski definition) is 2. The highest BCUT2D eigenvalue weighted by atomic mass is 32.2. The fourth-order valence-corrected chi connectivity index (χ4v) is 4.00. The van der Waals surface area contributed by atoms with Gasteiger partial charge in [0.2, 0.25) is 5.91 Å².